The molecule has 2 aromatic rings. The number of aromatic nitrogens is 2. The molecule has 0 spiro atoms. The Balaban J connectivity index is 2.58. The summed E-state index contributed by atoms with van der Waals surface area (Å²) < 4.78 is 0. The van der Waals surface area contributed by atoms with Gasteiger partial charge >= 0.3 is 0 Å². The Morgan fingerprint density at radius 2 is 1.83 bits per heavy atom. The zero-order valence-corrected chi connectivity index (χ0v) is 11.5. The minimum Gasteiger partial charge on any atom is -0.373 e. The summed E-state index contributed by atoms with van der Waals surface area (Å²) in [5.74, 6) is 1.72. The van der Waals surface area contributed by atoms with Crippen molar-refractivity contribution in [2.45, 2.75) is 20.3 Å². The smallest absolute Gasteiger partial charge is 0.132 e. The predicted molar refractivity (Wildman–Crippen MR) is 76.1 cm³/mol. The first-order chi connectivity index (χ1) is 8.65. The summed E-state index contributed by atoms with van der Waals surface area (Å²) in [5, 5.41) is 3.85. The Bertz CT molecular complexity index is 550. The second-order valence-corrected chi connectivity index (χ2v) is 4.51. The van der Waals surface area contributed by atoms with Crippen LogP contribution in [0.4, 0.5) is 5.82 Å². The molecule has 0 aliphatic carbocycles. The van der Waals surface area contributed by atoms with Crippen LogP contribution in [0.1, 0.15) is 18.3 Å². The summed E-state index contributed by atoms with van der Waals surface area (Å²) in [6, 6.07) is 7.72. The van der Waals surface area contributed by atoms with Gasteiger partial charge in [-0.1, -0.05) is 30.7 Å². The van der Waals surface area contributed by atoms with Crippen molar-refractivity contribution >= 4 is 17.4 Å². The molecule has 1 aromatic heterocycles. The molecule has 1 N–H and O–H groups in total. The molecule has 2 rings (SSSR count). The van der Waals surface area contributed by atoms with Crippen LogP contribution in [0.2, 0.25) is 5.02 Å². The van der Waals surface area contributed by atoms with Gasteiger partial charge in [-0.2, -0.15) is 0 Å². The Kier molecular flexibility index (Phi) is 3.82. The molecule has 0 bridgehead atoms. The summed E-state index contributed by atoms with van der Waals surface area (Å²) >= 11 is 5.91. The number of anilines is 1. The van der Waals surface area contributed by atoms with Gasteiger partial charge in [0.1, 0.15) is 11.6 Å². The van der Waals surface area contributed by atoms with E-state index < -0.39 is 0 Å². The highest BCUT2D eigenvalue weighted by atomic mass is 35.5. The Hall–Kier alpha value is -1.61. The van der Waals surface area contributed by atoms with Crippen LogP contribution in [0.3, 0.4) is 0 Å². The van der Waals surface area contributed by atoms with E-state index in [2.05, 4.69) is 22.2 Å². The van der Waals surface area contributed by atoms with Gasteiger partial charge in [-0.25, -0.2) is 9.97 Å². The number of benzene rings is 1. The van der Waals surface area contributed by atoms with E-state index >= 15 is 0 Å². The lowest BCUT2D eigenvalue weighted by atomic mass is 10.1. The third-order valence-corrected chi connectivity index (χ3v) is 3.11. The highest BCUT2D eigenvalue weighted by Gasteiger charge is 2.10. The van der Waals surface area contributed by atoms with Gasteiger partial charge in [-0.15, -0.1) is 0 Å². The van der Waals surface area contributed by atoms with Gasteiger partial charge in [0.15, 0.2) is 0 Å². The van der Waals surface area contributed by atoms with Gasteiger partial charge in [0, 0.05) is 29.6 Å². The number of nitrogens with one attached hydrogen (secondary N) is 1. The van der Waals surface area contributed by atoms with Crippen LogP contribution in [0.15, 0.2) is 24.3 Å². The first-order valence-corrected chi connectivity index (χ1v) is 6.34. The van der Waals surface area contributed by atoms with Crippen LogP contribution >= 0.6 is 11.6 Å². The van der Waals surface area contributed by atoms with Crippen molar-refractivity contribution in [3.8, 4) is 11.3 Å². The molecule has 0 aliphatic heterocycles. The maximum atomic E-state index is 5.91. The van der Waals surface area contributed by atoms with Crippen molar-refractivity contribution in [2.24, 2.45) is 0 Å². The second kappa shape index (κ2) is 5.36. The topological polar surface area (TPSA) is 37.8 Å². The summed E-state index contributed by atoms with van der Waals surface area (Å²) in [7, 11) is 1.88. The maximum absolute atomic E-state index is 5.91. The highest BCUT2D eigenvalue weighted by molar-refractivity contribution is 6.30. The fraction of sp³-hybridized carbons (Fsp3) is 0.286. The average Bonchev–Trinajstić information content (AvgIpc) is 2.40. The van der Waals surface area contributed by atoms with Crippen LogP contribution < -0.4 is 5.32 Å². The first kappa shape index (κ1) is 12.8. The first-order valence-electron chi connectivity index (χ1n) is 5.97. The van der Waals surface area contributed by atoms with Gasteiger partial charge in [0.25, 0.3) is 0 Å². The molecule has 0 amide bonds. The van der Waals surface area contributed by atoms with Crippen LogP contribution in [-0.2, 0) is 6.42 Å². The van der Waals surface area contributed by atoms with Gasteiger partial charge in [0.05, 0.1) is 5.69 Å². The van der Waals surface area contributed by atoms with Gasteiger partial charge < -0.3 is 5.32 Å². The van der Waals surface area contributed by atoms with Crippen molar-refractivity contribution in [3.05, 3.63) is 40.7 Å². The van der Waals surface area contributed by atoms with Crippen LogP contribution in [0.5, 0.6) is 0 Å². The molecular formula is C14H16ClN3. The van der Waals surface area contributed by atoms with E-state index in [1.165, 1.54) is 0 Å². The minimum atomic E-state index is 0.731. The molecule has 0 radical (unpaired) electrons. The van der Waals surface area contributed by atoms with Crippen molar-refractivity contribution in [3.63, 3.8) is 0 Å². The quantitative estimate of drug-likeness (QED) is 0.915. The van der Waals surface area contributed by atoms with Crippen LogP contribution in [0.25, 0.3) is 11.3 Å². The van der Waals surface area contributed by atoms with E-state index in [0.717, 1.165) is 39.9 Å². The van der Waals surface area contributed by atoms with E-state index in [9.17, 15) is 0 Å². The Morgan fingerprint density at radius 1 is 1.17 bits per heavy atom. The monoisotopic (exact) mass is 261 g/mol. The third-order valence-electron chi connectivity index (χ3n) is 2.86. The third kappa shape index (κ3) is 2.46. The lowest BCUT2D eigenvalue weighted by Gasteiger charge is -2.11. The molecule has 0 aliphatic rings. The van der Waals surface area contributed by atoms with Crippen molar-refractivity contribution < 1.29 is 0 Å². The molecular weight excluding hydrogens is 246 g/mol. The molecule has 0 unspecified atom stereocenters. The van der Waals surface area contributed by atoms with Crippen molar-refractivity contribution in [1.82, 2.24) is 9.97 Å². The molecule has 0 saturated carbocycles. The fourth-order valence-corrected chi connectivity index (χ4v) is 1.98. The zero-order valence-electron chi connectivity index (χ0n) is 10.8. The molecule has 1 aromatic carbocycles. The molecule has 0 saturated heterocycles. The van der Waals surface area contributed by atoms with Gasteiger partial charge in [-0.05, 0) is 19.1 Å². The molecule has 0 atom stereocenters. The van der Waals surface area contributed by atoms with E-state index in [1.54, 1.807) is 0 Å². The van der Waals surface area contributed by atoms with Crippen LogP contribution in [-0.4, -0.2) is 17.0 Å². The number of hydrogen-bond acceptors (Lipinski definition) is 3. The number of nitrogens with zero attached hydrogens (tertiary/aromatic N) is 2. The minimum absolute atomic E-state index is 0.731. The number of aryl methyl sites for hydroxylation is 1. The zero-order chi connectivity index (χ0) is 13.1. The van der Waals surface area contributed by atoms with E-state index in [4.69, 9.17) is 11.6 Å². The number of halogens is 1. The summed E-state index contributed by atoms with van der Waals surface area (Å²) in [6.45, 7) is 4.07. The number of rotatable bonds is 3. The average molecular weight is 262 g/mol. The summed E-state index contributed by atoms with van der Waals surface area (Å²) in [4.78, 5) is 9.07. The van der Waals surface area contributed by atoms with Gasteiger partial charge in [0.2, 0.25) is 0 Å². The predicted octanol–water partition coefficient (Wildman–Crippen LogP) is 3.71. The maximum Gasteiger partial charge on any atom is 0.132 e. The fourth-order valence-electron chi connectivity index (χ4n) is 1.85. The lowest BCUT2D eigenvalue weighted by Crippen LogP contribution is -2.04. The standard InChI is InChI=1S/C14H16ClN3/c1-4-12-17-13(9(2)14(16-3)18-12)10-5-7-11(15)8-6-10/h5-8H,4H2,1-3H3,(H,16,17,18). The SMILES string of the molecule is CCc1nc(NC)c(C)c(-c2ccc(Cl)cc2)n1. The largest absolute Gasteiger partial charge is 0.373 e. The molecule has 94 valence electrons. The molecule has 1 heterocycles. The highest BCUT2D eigenvalue weighted by Crippen LogP contribution is 2.26. The van der Waals surface area contributed by atoms with Crippen molar-refractivity contribution in [2.75, 3.05) is 12.4 Å². The van der Waals surface area contributed by atoms with E-state index in [0.29, 0.717) is 0 Å². The molecule has 18 heavy (non-hydrogen) atoms. The lowest BCUT2D eigenvalue weighted by molar-refractivity contribution is 0.936. The normalized spacial score (nSPS) is 10.4. The summed E-state index contributed by atoms with van der Waals surface area (Å²) in [5.41, 5.74) is 3.07. The molecule has 4 heteroatoms. The molecule has 3 nitrogen and oxygen atoms in total. The second-order valence-electron chi connectivity index (χ2n) is 4.07. The van der Waals surface area contributed by atoms with E-state index in [-0.39, 0.29) is 0 Å². The van der Waals surface area contributed by atoms with E-state index in [1.807, 2.05) is 38.2 Å². The Labute approximate surface area is 112 Å². The van der Waals surface area contributed by atoms with Gasteiger partial charge in [-0.3, -0.25) is 0 Å². The van der Waals surface area contributed by atoms with Crippen molar-refractivity contribution in [1.29, 1.82) is 0 Å². The van der Waals surface area contributed by atoms with Crippen LogP contribution in [0, 0.1) is 6.92 Å². The Morgan fingerprint density at radius 3 is 2.39 bits per heavy atom. The summed E-state index contributed by atoms with van der Waals surface area (Å²) in [6.07, 6.45) is 0.815. The molecule has 0 fully saturated rings. The number of hydrogen-bond donors (Lipinski definition) is 1.